The Labute approximate surface area is 166 Å². The zero-order valence-corrected chi connectivity index (χ0v) is 16.3. The highest BCUT2D eigenvalue weighted by Crippen LogP contribution is 2.21. The fraction of sp³-hybridized carbons (Fsp3) is 0.263. The van der Waals surface area contributed by atoms with E-state index in [4.69, 9.17) is 9.47 Å². The molecule has 0 aliphatic rings. The van der Waals surface area contributed by atoms with E-state index in [2.05, 4.69) is 15.5 Å². The third kappa shape index (κ3) is 5.08. The van der Waals surface area contributed by atoms with E-state index in [9.17, 15) is 9.90 Å². The Balaban J connectivity index is 1.55. The van der Waals surface area contributed by atoms with E-state index >= 15 is 0 Å². The predicted octanol–water partition coefficient (Wildman–Crippen LogP) is 2.41. The summed E-state index contributed by atoms with van der Waals surface area (Å²) < 4.78 is 12.3. The summed E-state index contributed by atoms with van der Waals surface area (Å²) in [5.41, 5.74) is 1.36. The molecule has 0 spiro atoms. The van der Waals surface area contributed by atoms with Crippen LogP contribution in [0, 0.1) is 0 Å². The molecule has 2 aromatic carbocycles. The first-order chi connectivity index (χ1) is 13.6. The Bertz CT molecular complexity index is 930. The first-order valence-electron chi connectivity index (χ1n) is 8.54. The zero-order chi connectivity index (χ0) is 19.9. The fourth-order valence-electron chi connectivity index (χ4n) is 2.37. The number of hydrogen-bond acceptors (Lipinski definition) is 8. The zero-order valence-electron chi connectivity index (χ0n) is 15.5. The number of nitrogens with zero attached hydrogens (tertiary/aromatic N) is 4. The van der Waals surface area contributed by atoms with Crippen LogP contribution in [-0.4, -0.2) is 56.7 Å². The van der Waals surface area contributed by atoms with Gasteiger partial charge in [0.1, 0.15) is 18.1 Å². The van der Waals surface area contributed by atoms with Gasteiger partial charge in [-0.3, -0.25) is 4.79 Å². The van der Waals surface area contributed by atoms with Crippen molar-refractivity contribution in [2.24, 2.45) is 0 Å². The molecule has 0 saturated carbocycles. The second-order valence-corrected chi connectivity index (χ2v) is 6.92. The second kappa shape index (κ2) is 9.34. The minimum Gasteiger partial charge on any atom is -0.497 e. The quantitative estimate of drug-likeness (QED) is 0.432. The summed E-state index contributed by atoms with van der Waals surface area (Å²) in [6.45, 7) is 1.59. The highest BCUT2D eigenvalue weighted by molar-refractivity contribution is 7.99. The van der Waals surface area contributed by atoms with Crippen molar-refractivity contribution in [2.75, 3.05) is 19.5 Å². The van der Waals surface area contributed by atoms with Crippen molar-refractivity contribution in [2.45, 2.75) is 18.2 Å². The summed E-state index contributed by atoms with van der Waals surface area (Å²) in [7, 11) is 1.60. The number of rotatable bonds is 9. The molecule has 1 aromatic heterocycles. The van der Waals surface area contributed by atoms with Gasteiger partial charge in [0.25, 0.3) is 0 Å². The molecule has 0 radical (unpaired) electrons. The number of tetrazole rings is 1. The molecule has 0 fully saturated rings. The van der Waals surface area contributed by atoms with Gasteiger partial charge in [0, 0.05) is 11.3 Å². The van der Waals surface area contributed by atoms with Gasteiger partial charge in [0.2, 0.25) is 5.16 Å². The first kappa shape index (κ1) is 19.8. The Kier molecular flexibility index (Phi) is 6.62. The van der Waals surface area contributed by atoms with Crippen molar-refractivity contribution < 1.29 is 19.4 Å². The molecule has 0 aliphatic carbocycles. The summed E-state index contributed by atoms with van der Waals surface area (Å²) in [4.78, 5) is 11.4. The van der Waals surface area contributed by atoms with Crippen LogP contribution < -0.4 is 9.47 Å². The average molecular weight is 400 g/mol. The molecule has 3 rings (SSSR count). The number of benzene rings is 2. The summed E-state index contributed by atoms with van der Waals surface area (Å²) in [5.74, 6) is 1.60. The van der Waals surface area contributed by atoms with Gasteiger partial charge in [-0.1, -0.05) is 23.9 Å². The number of aliphatic hydroxyl groups is 1. The molecule has 8 nitrogen and oxygen atoms in total. The lowest BCUT2D eigenvalue weighted by Crippen LogP contribution is -2.20. The molecule has 1 atom stereocenters. The fourth-order valence-corrected chi connectivity index (χ4v) is 3.17. The van der Waals surface area contributed by atoms with Gasteiger partial charge in [-0.2, -0.15) is 4.68 Å². The molecule has 0 unspecified atom stereocenters. The maximum absolute atomic E-state index is 11.4. The van der Waals surface area contributed by atoms with E-state index in [1.165, 1.54) is 18.7 Å². The lowest BCUT2D eigenvalue weighted by Gasteiger charge is -2.12. The van der Waals surface area contributed by atoms with Crippen LogP contribution in [0.2, 0.25) is 0 Å². The van der Waals surface area contributed by atoms with Crippen LogP contribution in [0.5, 0.6) is 11.5 Å². The van der Waals surface area contributed by atoms with Crippen LogP contribution in [0.25, 0.3) is 5.69 Å². The van der Waals surface area contributed by atoms with Crippen LogP contribution in [0.15, 0.2) is 53.7 Å². The predicted molar refractivity (Wildman–Crippen MR) is 104 cm³/mol. The maximum Gasteiger partial charge on any atom is 0.214 e. The topological polar surface area (TPSA) is 99.4 Å². The van der Waals surface area contributed by atoms with Crippen molar-refractivity contribution in [1.29, 1.82) is 0 Å². The second-order valence-electron chi connectivity index (χ2n) is 5.93. The minimum atomic E-state index is -0.730. The number of ketones is 1. The van der Waals surface area contributed by atoms with Gasteiger partial charge in [0.05, 0.1) is 18.9 Å². The summed E-state index contributed by atoms with van der Waals surface area (Å²) in [6, 6.07) is 14.2. The summed E-state index contributed by atoms with van der Waals surface area (Å²) in [5, 5.41) is 22.5. The molecule has 1 heterocycles. The lowest BCUT2D eigenvalue weighted by molar-refractivity contribution is 0.101. The van der Waals surface area contributed by atoms with E-state index in [1.807, 2.05) is 24.3 Å². The number of Topliss-reactive ketones (excluding diaryl/α,β-unsaturated/α-hetero) is 1. The first-order valence-corrected chi connectivity index (χ1v) is 9.53. The Morgan fingerprint density at radius 2 is 2.00 bits per heavy atom. The number of aromatic nitrogens is 4. The third-order valence-electron chi connectivity index (χ3n) is 3.85. The number of methoxy groups -OCH3 is 1. The molecule has 0 bridgehead atoms. The number of ether oxygens (including phenoxy) is 2. The van der Waals surface area contributed by atoms with E-state index in [0.29, 0.717) is 22.2 Å². The maximum atomic E-state index is 11.4. The molecule has 0 aliphatic heterocycles. The number of carbonyl (C=O) groups is 1. The van der Waals surface area contributed by atoms with E-state index < -0.39 is 6.10 Å². The van der Waals surface area contributed by atoms with Crippen LogP contribution in [0.4, 0.5) is 0 Å². The van der Waals surface area contributed by atoms with E-state index in [0.717, 1.165) is 11.4 Å². The monoisotopic (exact) mass is 400 g/mol. The van der Waals surface area contributed by atoms with E-state index in [-0.39, 0.29) is 12.4 Å². The molecule has 9 heteroatoms. The largest absolute Gasteiger partial charge is 0.497 e. The lowest BCUT2D eigenvalue weighted by atomic mass is 10.1. The smallest absolute Gasteiger partial charge is 0.214 e. The number of thioether (sulfide) groups is 1. The van der Waals surface area contributed by atoms with Gasteiger partial charge in [0.15, 0.2) is 5.78 Å². The van der Waals surface area contributed by atoms with Crippen LogP contribution in [0.3, 0.4) is 0 Å². The van der Waals surface area contributed by atoms with E-state index in [1.54, 1.807) is 36.1 Å². The Morgan fingerprint density at radius 3 is 2.71 bits per heavy atom. The molecular weight excluding hydrogens is 380 g/mol. The van der Waals surface area contributed by atoms with Gasteiger partial charge < -0.3 is 14.6 Å². The van der Waals surface area contributed by atoms with Crippen LogP contribution in [0.1, 0.15) is 17.3 Å². The van der Waals surface area contributed by atoms with Crippen molar-refractivity contribution in [3.63, 3.8) is 0 Å². The van der Waals surface area contributed by atoms with Gasteiger partial charge >= 0.3 is 0 Å². The SMILES string of the molecule is COc1ccc(-n2nnnc2SC[C@@H](O)COc2cccc(C(C)=O)c2)cc1. The van der Waals surface area contributed by atoms with Crippen molar-refractivity contribution in [3.8, 4) is 17.2 Å². The standard InChI is InChI=1S/C19H20N4O4S/c1-13(24)14-4-3-5-18(10-14)27-11-16(25)12-28-19-20-21-22-23(19)15-6-8-17(26-2)9-7-15/h3-10,16,25H,11-12H2,1-2H3/t16-/m0/s1. The molecule has 146 valence electrons. The van der Waals surface area contributed by atoms with Crippen molar-refractivity contribution in [3.05, 3.63) is 54.1 Å². The molecule has 0 saturated heterocycles. The molecule has 3 aromatic rings. The third-order valence-corrected chi connectivity index (χ3v) is 4.91. The van der Waals surface area contributed by atoms with Gasteiger partial charge in [-0.15, -0.1) is 5.10 Å². The van der Waals surface area contributed by atoms with Crippen LogP contribution in [-0.2, 0) is 0 Å². The normalized spacial score (nSPS) is 11.8. The van der Waals surface area contributed by atoms with Gasteiger partial charge in [-0.25, -0.2) is 0 Å². The number of aliphatic hydroxyl groups excluding tert-OH is 1. The highest BCUT2D eigenvalue weighted by atomic mass is 32.2. The molecule has 0 amide bonds. The molecular formula is C19H20N4O4S. The Morgan fingerprint density at radius 1 is 1.21 bits per heavy atom. The van der Waals surface area contributed by atoms with Gasteiger partial charge in [-0.05, 0) is 53.7 Å². The van der Waals surface area contributed by atoms with Crippen molar-refractivity contribution in [1.82, 2.24) is 20.2 Å². The summed E-state index contributed by atoms with van der Waals surface area (Å²) in [6.07, 6.45) is -0.730. The Hall–Kier alpha value is -2.91. The van der Waals surface area contributed by atoms with Crippen molar-refractivity contribution >= 4 is 17.5 Å². The number of carbonyl (C=O) groups excluding carboxylic acids is 1. The van der Waals surface area contributed by atoms with Crippen LogP contribution >= 0.6 is 11.8 Å². The highest BCUT2D eigenvalue weighted by Gasteiger charge is 2.13. The number of hydrogen-bond donors (Lipinski definition) is 1. The molecule has 28 heavy (non-hydrogen) atoms. The average Bonchev–Trinajstić information content (AvgIpc) is 3.19. The summed E-state index contributed by atoms with van der Waals surface area (Å²) >= 11 is 1.32. The minimum absolute atomic E-state index is 0.0353. The molecule has 1 N–H and O–H groups in total.